The SMILES string of the molecule is CC(=O)N(c1cccc(C)c1)c1nc(CN2C(=O)N[C@](C)(c3ccc([N+](=O)[O-])cc3)C2=O)cs1. The van der Waals surface area contributed by atoms with E-state index in [1.807, 2.05) is 31.2 Å². The summed E-state index contributed by atoms with van der Waals surface area (Å²) in [6, 6.07) is 12.3. The fourth-order valence-corrected chi connectivity index (χ4v) is 4.66. The van der Waals surface area contributed by atoms with Gasteiger partial charge in [-0.25, -0.2) is 9.78 Å². The van der Waals surface area contributed by atoms with Gasteiger partial charge in [-0.15, -0.1) is 11.3 Å². The molecule has 0 spiro atoms. The van der Waals surface area contributed by atoms with Crippen LogP contribution in [0.15, 0.2) is 53.9 Å². The topological polar surface area (TPSA) is 126 Å². The maximum absolute atomic E-state index is 13.2. The molecule has 174 valence electrons. The highest BCUT2D eigenvalue weighted by Gasteiger charge is 2.49. The molecule has 1 fully saturated rings. The Bertz CT molecular complexity index is 1310. The Kier molecular flexibility index (Phi) is 5.88. The number of non-ortho nitro benzene ring substituents is 1. The van der Waals surface area contributed by atoms with Crippen LogP contribution in [0.25, 0.3) is 0 Å². The van der Waals surface area contributed by atoms with E-state index in [1.165, 1.54) is 47.4 Å². The van der Waals surface area contributed by atoms with E-state index in [-0.39, 0.29) is 18.1 Å². The number of carbonyl (C=O) groups is 3. The van der Waals surface area contributed by atoms with Crippen LogP contribution in [0.4, 0.5) is 21.3 Å². The van der Waals surface area contributed by atoms with Crippen LogP contribution in [-0.2, 0) is 21.7 Å². The number of benzene rings is 2. The van der Waals surface area contributed by atoms with Crippen LogP contribution in [0.1, 0.15) is 30.7 Å². The van der Waals surface area contributed by atoms with E-state index in [0.717, 1.165) is 10.5 Å². The summed E-state index contributed by atoms with van der Waals surface area (Å²) in [5, 5.41) is 15.7. The lowest BCUT2D eigenvalue weighted by molar-refractivity contribution is -0.384. The van der Waals surface area contributed by atoms with Crippen molar-refractivity contribution in [3.63, 3.8) is 0 Å². The Labute approximate surface area is 199 Å². The summed E-state index contributed by atoms with van der Waals surface area (Å²) >= 11 is 1.23. The quantitative estimate of drug-likeness (QED) is 0.323. The first kappa shape index (κ1) is 23.1. The predicted molar refractivity (Wildman–Crippen MR) is 126 cm³/mol. The molecule has 0 saturated carbocycles. The first-order valence-corrected chi connectivity index (χ1v) is 11.2. The van der Waals surface area contributed by atoms with Gasteiger partial charge < -0.3 is 5.32 Å². The number of nitrogens with zero attached hydrogens (tertiary/aromatic N) is 4. The Balaban J connectivity index is 1.56. The van der Waals surface area contributed by atoms with E-state index in [9.17, 15) is 24.5 Å². The zero-order valence-corrected chi connectivity index (χ0v) is 19.5. The largest absolute Gasteiger partial charge is 0.325 e. The van der Waals surface area contributed by atoms with Gasteiger partial charge in [-0.2, -0.15) is 0 Å². The van der Waals surface area contributed by atoms with Gasteiger partial charge in [-0.1, -0.05) is 12.1 Å². The van der Waals surface area contributed by atoms with Gasteiger partial charge in [0.15, 0.2) is 5.13 Å². The van der Waals surface area contributed by atoms with Gasteiger partial charge in [-0.3, -0.25) is 29.5 Å². The lowest BCUT2D eigenvalue weighted by atomic mass is 9.92. The minimum absolute atomic E-state index is 0.0801. The van der Waals surface area contributed by atoms with Crippen molar-refractivity contribution >= 4 is 45.7 Å². The third kappa shape index (κ3) is 4.13. The molecule has 1 aliphatic rings. The van der Waals surface area contributed by atoms with Crippen LogP contribution in [0.5, 0.6) is 0 Å². The van der Waals surface area contributed by atoms with Crippen molar-refractivity contribution in [2.24, 2.45) is 0 Å². The molecule has 4 amide bonds. The normalized spacial score (nSPS) is 17.6. The first-order valence-electron chi connectivity index (χ1n) is 10.3. The maximum Gasteiger partial charge on any atom is 0.325 e. The Morgan fingerprint density at radius 3 is 2.56 bits per heavy atom. The van der Waals surface area contributed by atoms with Crippen molar-refractivity contribution in [2.45, 2.75) is 32.9 Å². The van der Waals surface area contributed by atoms with Crippen LogP contribution < -0.4 is 10.2 Å². The average Bonchev–Trinajstić information content (AvgIpc) is 3.32. The second-order valence-electron chi connectivity index (χ2n) is 8.07. The number of anilines is 2. The zero-order chi connectivity index (χ0) is 24.6. The van der Waals surface area contributed by atoms with Gasteiger partial charge in [0.2, 0.25) is 5.91 Å². The molecule has 0 bridgehead atoms. The van der Waals surface area contributed by atoms with E-state index < -0.39 is 22.4 Å². The number of nitro benzene ring substituents is 1. The van der Waals surface area contributed by atoms with E-state index in [4.69, 9.17) is 0 Å². The number of amides is 4. The number of aromatic nitrogens is 1. The van der Waals surface area contributed by atoms with Crippen molar-refractivity contribution in [3.05, 3.63) is 80.8 Å². The lowest BCUT2D eigenvalue weighted by Crippen LogP contribution is -2.40. The first-order chi connectivity index (χ1) is 16.1. The van der Waals surface area contributed by atoms with Gasteiger partial charge >= 0.3 is 6.03 Å². The third-order valence-electron chi connectivity index (χ3n) is 5.56. The van der Waals surface area contributed by atoms with Crippen LogP contribution in [0.2, 0.25) is 0 Å². The molecule has 10 nitrogen and oxygen atoms in total. The summed E-state index contributed by atoms with van der Waals surface area (Å²) < 4.78 is 0. The molecule has 1 saturated heterocycles. The van der Waals surface area contributed by atoms with Crippen LogP contribution in [0.3, 0.4) is 0 Å². The van der Waals surface area contributed by atoms with Crippen molar-refractivity contribution < 1.29 is 19.3 Å². The molecule has 0 aliphatic carbocycles. The number of aryl methyl sites for hydroxylation is 1. The number of thiazole rings is 1. The lowest BCUT2D eigenvalue weighted by Gasteiger charge is -2.22. The van der Waals surface area contributed by atoms with Crippen molar-refractivity contribution in [2.75, 3.05) is 4.90 Å². The molecule has 11 heteroatoms. The molecule has 1 aliphatic heterocycles. The number of nitro groups is 1. The van der Waals surface area contributed by atoms with E-state index in [2.05, 4.69) is 10.3 Å². The van der Waals surface area contributed by atoms with Crippen LogP contribution in [0, 0.1) is 17.0 Å². The second-order valence-corrected chi connectivity index (χ2v) is 8.90. The van der Waals surface area contributed by atoms with Gasteiger partial charge in [0, 0.05) is 24.4 Å². The van der Waals surface area contributed by atoms with Gasteiger partial charge in [0.1, 0.15) is 5.54 Å². The van der Waals surface area contributed by atoms with E-state index in [1.54, 1.807) is 12.3 Å². The number of rotatable bonds is 6. The molecule has 1 N–H and O–H groups in total. The maximum atomic E-state index is 13.2. The monoisotopic (exact) mass is 479 g/mol. The highest BCUT2D eigenvalue weighted by atomic mass is 32.1. The van der Waals surface area contributed by atoms with Gasteiger partial charge in [-0.05, 0) is 49.2 Å². The molecule has 2 aromatic carbocycles. The van der Waals surface area contributed by atoms with Crippen molar-refractivity contribution in [1.29, 1.82) is 0 Å². The number of carbonyl (C=O) groups excluding carboxylic acids is 3. The fourth-order valence-electron chi connectivity index (χ4n) is 3.78. The molecule has 3 aromatic rings. The molecule has 1 atom stereocenters. The summed E-state index contributed by atoms with van der Waals surface area (Å²) in [6.07, 6.45) is 0. The number of imide groups is 1. The highest BCUT2D eigenvalue weighted by molar-refractivity contribution is 7.14. The van der Waals surface area contributed by atoms with Gasteiger partial charge in [0.05, 0.1) is 22.8 Å². The number of urea groups is 1. The molecule has 0 radical (unpaired) electrons. The number of hydrogen-bond acceptors (Lipinski definition) is 7. The van der Waals surface area contributed by atoms with Gasteiger partial charge in [0.25, 0.3) is 11.6 Å². The molecule has 2 heterocycles. The Hall–Kier alpha value is -4.12. The highest BCUT2D eigenvalue weighted by Crippen LogP contribution is 2.33. The third-order valence-corrected chi connectivity index (χ3v) is 6.43. The fraction of sp³-hybridized carbons (Fsp3) is 0.217. The summed E-state index contributed by atoms with van der Waals surface area (Å²) in [5.74, 6) is -0.713. The molecule has 1 aromatic heterocycles. The van der Waals surface area contributed by atoms with Crippen LogP contribution >= 0.6 is 11.3 Å². The molecule has 4 rings (SSSR count). The standard InChI is InChI=1S/C23H21N5O5S/c1-14-5-4-6-19(11-14)27(15(2)29)22-24-17(13-34-22)12-26-20(30)23(3,25-21(26)31)16-7-9-18(10-8-16)28(32)33/h4-11,13H,12H2,1-3H3,(H,25,31)/t23-/m1/s1. The summed E-state index contributed by atoms with van der Waals surface area (Å²) in [7, 11) is 0. The molecule has 0 unspecified atom stereocenters. The van der Waals surface area contributed by atoms with Crippen LogP contribution in [-0.4, -0.2) is 32.7 Å². The zero-order valence-electron chi connectivity index (χ0n) is 18.6. The Morgan fingerprint density at radius 1 is 1.24 bits per heavy atom. The minimum atomic E-state index is -1.36. The number of nitrogens with one attached hydrogen (secondary N) is 1. The summed E-state index contributed by atoms with van der Waals surface area (Å²) in [5.41, 5.74) is 1.08. The summed E-state index contributed by atoms with van der Waals surface area (Å²) in [4.78, 5) is 55.6. The smallest absolute Gasteiger partial charge is 0.319 e. The molecular weight excluding hydrogens is 458 g/mol. The molecular formula is C23H21N5O5S. The predicted octanol–water partition coefficient (Wildman–Crippen LogP) is 4.01. The van der Waals surface area contributed by atoms with Crippen molar-refractivity contribution in [1.82, 2.24) is 15.2 Å². The molecule has 34 heavy (non-hydrogen) atoms. The van der Waals surface area contributed by atoms with E-state index in [0.29, 0.717) is 22.1 Å². The van der Waals surface area contributed by atoms with Crippen molar-refractivity contribution in [3.8, 4) is 0 Å². The van der Waals surface area contributed by atoms with E-state index >= 15 is 0 Å². The Morgan fingerprint density at radius 2 is 1.94 bits per heavy atom. The summed E-state index contributed by atoms with van der Waals surface area (Å²) in [6.45, 7) is 4.84. The average molecular weight is 480 g/mol. The second kappa shape index (κ2) is 8.67. The number of hydrogen-bond donors (Lipinski definition) is 1. The minimum Gasteiger partial charge on any atom is -0.319 e.